The topological polar surface area (TPSA) is 108 Å². The van der Waals surface area contributed by atoms with Crippen LogP contribution in [0.5, 0.6) is 5.75 Å². The van der Waals surface area contributed by atoms with Crippen molar-refractivity contribution in [1.82, 2.24) is 25.1 Å². The molecule has 0 bridgehead atoms. The molecule has 0 saturated carbocycles. The second-order valence-electron chi connectivity index (χ2n) is 8.58. The van der Waals surface area contributed by atoms with Crippen LogP contribution in [0.3, 0.4) is 0 Å². The zero-order valence-electron chi connectivity index (χ0n) is 19.1. The number of aromatic nitrogens is 4. The minimum atomic E-state index is -0.558. The van der Waals surface area contributed by atoms with E-state index in [2.05, 4.69) is 15.3 Å². The molecule has 0 atom stereocenters. The molecule has 0 saturated heterocycles. The molecule has 0 spiro atoms. The number of nitrogens with one attached hydrogen (secondary N) is 1. The van der Waals surface area contributed by atoms with Crippen molar-refractivity contribution in [2.45, 2.75) is 32.7 Å². The van der Waals surface area contributed by atoms with Crippen LogP contribution in [-0.2, 0) is 10.3 Å². The highest BCUT2D eigenvalue weighted by Crippen LogP contribution is 2.33. The molecule has 2 aromatic heterocycles. The number of nitrogen functional groups attached to an aromatic ring is 1. The Bertz CT molecular complexity index is 1250. The van der Waals surface area contributed by atoms with E-state index in [1.165, 1.54) is 6.33 Å². The third-order valence-electron chi connectivity index (χ3n) is 5.45. The summed E-state index contributed by atoms with van der Waals surface area (Å²) in [7, 11) is 0. The maximum absolute atomic E-state index is 12.4. The van der Waals surface area contributed by atoms with Crippen LogP contribution in [0.25, 0.3) is 22.3 Å². The number of rotatable bonds is 8. The number of nitrogens with zero attached hydrogens (tertiary/aromatic N) is 4. The van der Waals surface area contributed by atoms with E-state index in [9.17, 15) is 4.79 Å². The predicted octanol–water partition coefficient (Wildman–Crippen LogP) is 3.70. The number of amides is 1. The lowest BCUT2D eigenvalue weighted by atomic mass is 10.1. The molecule has 2 aromatic carbocycles. The van der Waals surface area contributed by atoms with Gasteiger partial charge >= 0.3 is 0 Å². The van der Waals surface area contributed by atoms with Gasteiger partial charge < -0.3 is 15.8 Å². The first-order valence-electron chi connectivity index (χ1n) is 10.9. The molecule has 8 heteroatoms. The Morgan fingerprint density at radius 2 is 1.82 bits per heavy atom. The van der Waals surface area contributed by atoms with E-state index in [0.29, 0.717) is 30.0 Å². The van der Waals surface area contributed by atoms with Gasteiger partial charge in [0.15, 0.2) is 5.65 Å². The maximum Gasteiger partial charge on any atom is 0.223 e. The molecule has 1 amide bonds. The highest BCUT2D eigenvalue weighted by molar-refractivity contribution is 5.98. The van der Waals surface area contributed by atoms with Crippen LogP contribution in [0, 0.1) is 6.92 Å². The molecule has 33 heavy (non-hydrogen) atoms. The van der Waals surface area contributed by atoms with E-state index in [0.717, 1.165) is 22.6 Å². The molecule has 0 aliphatic heterocycles. The highest BCUT2D eigenvalue weighted by Gasteiger charge is 2.28. The molecular formula is C25H28N6O2. The van der Waals surface area contributed by atoms with E-state index in [1.54, 1.807) is 0 Å². The van der Waals surface area contributed by atoms with Gasteiger partial charge in [-0.25, -0.2) is 14.6 Å². The van der Waals surface area contributed by atoms with Crippen molar-refractivity contribution in [3.8, 4) is 17.0 Å². The van der Waals surface area contributed by atoms with E-state index in [1.807, 2.05) is 80.1 Å². The molecule has 0 aliphatic carbocycles. The van der Waals surface area contributed by atoms with Crippen LogP contribution in [0.4, 0.5) is 5.82 Å². The van der Waals surface area contributed by atoms with Gasteiger partial charge in [0.25, 0.3) is 0 Å². The first-order chi connectivity index (χ1) is 15.8. The molecule has 3 N–H and O–H groups in total. The van der Waals surface area contributed by atoms with Crippen molar-refractivity contribution in [2.24, 2.45) is 0 Å². The van der Waals surface area contributed by atoms with Gasteiger partial charge in [-0.3, -0.25) is 4.79 Å². The third kappa shape index (κ3) is 4.95. The fraction of sp³-hybridized carbons (Fsp3) is 0.280. The van der Waals surface area contributed by atoms with Crippen molar-refractivity contribution in [1.29, 1.82) is 0 Å². The number of carbonyl (C=O) groups is 1. The number of fused-ring (bicyclic) bond motifs is 1. The van der Waals surface area contributed by atoms with Crippen molar-refractivity contribution >= 4 is 22.8 Å². The Morgan fingerprint density at radius 1 is 1.09 bits per heavy atom. The van der Waals surface area contributed by atoms with E-state index < -0.39 is 5.54 Å². The number of carbonyl (C=O) groups excluding carboxylic acids is 1. The molecule has 4 aromatic rings. The van der Waals surface area contributed by atoms with E-state index in [4.69, 9.17) is 15.6 Å². The van der Waals surface area contributed by atoms with Crippen LogP contribution in [0.2, 0.25) is 0 Å². The Balaban J connectivity index is 1.50. The number of hydrogen-bond donors (Lipinski definition) is 2. The minimum absolute atomic E-state index is 0.0941. The number of nitrogens with two attached hydrogens (primary N) is 1. The molecule has 2 heterocycles. The SMILES string of the molecule is Cc1ccc(-c2nn(C(C)(C)CNC(=O)CCOc3ccccc3)c3ncnc(N)c23)cc1. The van der Waals surface area contributed by atoms with Crippen LogP contribution < -0.4 is 15.8 Å². The number of para-hydroxylation sites is 1. The first-order valence-corrected chi connectivity index (χ1v) is 10.9. The monoisotopic (exact) mass is 444 g/mol. The maximum atomic E-state index is 12.4. The predicted molar refractivity (Wildman–Crippen MR) is 129 cm³/mol. The molecule has 0 radical (unpaired) electrons. The van der Waals surface area contributed by atoms with Gasteiger partial charge in [-0.15, -0.1) is 0 Å². The summed E-state index contributed by atoms with van der Waals surface area (Å²) < 4.78 is 7.43. The second kappa shape index (κ2) is 9.28. The molecule has 0 unspecified atom stereocenters. The molecule has 170 valence electrons. The molecule has 0 aliphatic rings. The molecule has 8 nitrogen and oxygen atoms in total. The average molecular weight is 445 g/mol. The van der Waals surface area contributed by atoms with Crippen LogP contribution in [0.15, 0.2) is 60.9 Å². The quantitative estimate of drug-likeness (QED) is 0.429. The van der Waals surface area contributed by atoms with Crippen LogP contribution in [0.1, 0.15) is 25.8 Å². The number of benzene rings is 2. The summed E-state index contributed by atoms with van der Waals surface area (Å²) in [6.07, 6.45) is 1.69. The van der Waals surface area contributed by atoms with Crippen LogP contribution >= 0.6 is 0 Å². The Morgan fingerprint density at radius 3 is 2.55 bits per heavy atom. The van der Waals surface area contributed by atoms with Gasteiger partial charge in [0.2, 0.25) is 5.91 Å². The summed E-state index contributed by atoms with van der Waals surface area (Å²) in [6.45, 7) is 6.71. The zero-order valence-corrected chi connectivity index (χ0v) is 19.1. The summed E-state index contributed by atoms with van der Waals surface area (Å²) in [5.74, 6) is 1.03. The molecule has 0 fully saturated rings. The zero-order chi connectivity index (χ0) is 23.4. The largest absolute Gasteiger partial charge is 0.493 e. The Hall–Kier alpha value is -3.94. The number of hydrogen-bond acceptors (Lipinski definition) is 6. The van der Waals surface area contributed by atoms with Crippen molar-refractivity contribution in [3.05, 3.63) is 66.5 Å². The van der Waals surface area contributed by atoms with Gasteiger partial charge in [0.1, 0.15) is 23.6 Å². The first kappa shape index (κ1) is 22.3. The fourth-order valence-electron chi connectivity index (χ4n) is 3.57. The Kier molecular flexibility index (Phi) is 6.26. The normalized spacial score (nSPS) is 11.5. The summed E-state index contributed by atoms with van der Waals surface area (Å²) in [6, 6.07) is 17.5. The molecule has 4 rings (SSSR count). The lowest BCUT2D eigenvalue weighted by Gasteiger charge is -2.26. The van der Waals surface area contributed by atoms with Crippen LogP contribution in [-0.4, -0.2) is 38.8 Å². The smallest absolute Gasteiger partial charge is 0.223 e. The summed E-state index contributed by atoms with van der Waals surface area (Å²) in [5, 5.41) is 8.55. The van der Waals surface area contributed by atoms with Crippen molar-refractivity contribution in [3.63, 3.8) is 0 Å². The van der Waals surface area contributed by atoms with E-state index >= 15 is 0 Å². The number of aryl methyl sites for hydroxylation is 1. The lowest BCUT2D eigenvalue weighted by molar-refractivity contribution is -0.122. The van der Waals surface area contributed by atoms with Gasteiger partial charge in [-0.2, -0.15) is 5.10 Å². The van der Waals surface area contributed by atoms with Gasteiger partial charge in [0, 0.05) is 12.1 Å². The number of ether oxygens (including phenoxy) is 1. The lowest BCUT2D eigenvalue weighted by Crippen LogP contribution is -2.41. The standard InChI is InChI=1S/C25H28N6O2/c1-17-9-11-18(12-10-17)22-21-23(26)28-16-29-24(21)31(30-22)25(2,3)15-27-20(32)13-14-33-19-7-5-4-6-8-19/h4-12,16H,13-15H2,1-3H3,(H,27,32)(H2,26,28,29). The average Bonchev–Trinajstić information content (AvgIpc) is 3.21. The summed E-state index contributed by atoms with van der Waals surface area (Å²) in [5.41, 5.74) is 9.10. The van der Waals surface area contributed by atoms with Gasteiger partial charge in [0.05, 0.1) is 24.0 Å². The summed E-state index contributed by atoms with van der Waals surface area (Å²) in [4.78, 5) is 21.0. The molecular weight excluding hydrogens is 416 g/mol. The van der Waals surface area contributed by atoms with Gasteiger partial charge in [-0.05, 0) is 32.9 Å². The van der Waals surface area contributed by atoms with Crippen molar-refractivity contribution < 1.29 is 9.53 Å². The van der Waals surface area contributed by atoms with Gasteiger partial charge in [-0.1, -0.05) is 48.0 Å². The minimum Gasteiger partial charge on any atom is -0.493 e. The third-order valence-corrected chi connectivity index (χ3v) is 5.45. The number of anilines is 1. The summed E-state index contributed by atoms with van der Waals surface area (Å²) >= 11 is 0. The van der Waals surface area contributed by atoms with Crippen molar-refractivity contribution in [2.75, 3.05) is 18.9 Å². The fourth-order valence-corrected chi connectivity index (χ4v) is 3.57. The highest BCUT2D eigenvalue weighted by atomic mass is 16.5. The van der Waals surface area contributed by atoms with E-state index in [-0.39, 0.29) is 12.3 Å². The Labute approximate surface area is 192 Å². The second-order valence-corrected chi connectivity index (χ2v) is 8.58.